The lowest BCUT2D eigenvalue weighted by atomic mass is 10.0. The van der Waals surface area contributed by atoms with Gasteiger partial charge in [0.05, 0.1) is 41.3 Å². The number of hydrogen-bond donors (Lipinski definition) is 1. The number of nitrogens with one attached hydrogen (secondary N) is 1. The van der Waals surface area contributed by atoms with Gasteiger partial charge in [0.1, 0.15) is 18.1 Å². The summed E-state index contributed by atoms with van der Waals surface area (Å²) in [5.41, 5.74) is 4.95. The molecule has 2 saturated heterocycles. The van der Waals surface area contributed by atoms with Gasteiger partial charge in [-0.3, -0.25) is 9.89 Å². The molecule has 1 amide bonds. The lowest BCUT2D eigenvalue weighted by Crippen LogP contribution is -2.55. The van der Waals surface area contributed by atoms with Crippen LogP contribution in [0.5, 0.6) is 6.01 Å². The van der Waals surface area contributed by atoms with E-state index in [9.17, 15) is 10.1 Å². The molecular formula is C30H35N9O2. The standard InChI is InChI=1S/C30H35N9O2/c1-5-26(40)39-14-13-38(17-20(39)10-11-31)29-22-15-25(27-19(2)8-9-24-23(27)16-32-35-24)37(4)28(22)33-30(34-29)41-18-21-7-6-12-36(21)3/h5,8-9,15-16,20-21H,1,6-7,10,12-14,17-18H2,2-4H3,(H,32,35)/t20-,21-/m0/s1. The number of amides is 1. The van der Waals surface area contributed by atoms with Gasteiger partial charge in [-0.25, -0.2) is 0 Å². The SMILES string of the molecule is C=CC(=O)N1CCN(c2nc(OC[C@@H]3CCCN3C)nc3c2cc(-c2c(C)ccc4[nH]ncc24)n3C)C[C@@H]1CC#N. The van der Waals surface area contributed by atoms with Crippen molar-refractivity contribution in [2.75, 3.05) is 44.7 Å². The second-order valence-electron chi connectivity index (χ2n) is 11.0. The minimum Gasteiger partial charge on any atom is -0.462 e. The van der Waals surface area contributed by atoms with Gasteiger partial charge in [-0.1, -0.05) is 12.6 Å². The fourth-order valence-electron chi connectivity index (χ4n) is 6.27. The van der Waals surface area contributed by atoms with E-state index in [0.29, 0.717) is 38.3 Å². The van der Waals surface area contributed by atoms with Crippen LogP contribution < -0.4 is 9.64 Å². The number of likely N-dealkylation sites (N-methyl/N-ethyl adjacent to an activating group) is 1. The van der Waals surface area contributed by atoms with Crippen LogP contribution in [0.3, 0.4) is 0 Å². The van der Waals surface area contributed by atoms with Gasteiger partial charge in [-0.15, -0.1) is 0 Å². The minimum atomic E-state index is -0.272. The molecule has 0 spiro atoms. The first-order chi connectivity index (χ1) is 19.9. The third-order valence-electron chi connectivity index (χ3n) is 8.58. The first-order valence-electron chi connectivity index (χ1n) is 14.1. The van der Waals surface area contributed by atoms with Crippen molar-refractivity contribution in [2.24, 2.45) is 7.05 Å². The summed E-state index contributed by atoms with van der Waals surface area (Å²) in [4.78, 5) is 28.6. The summed E-state index contributed by atoms with van der Waals surface area (Å²) < 4.78 is 8.34. The summed E-state index contributed by atoms with van der Waals surface area (Å²) in [6.07, 6.45) is 5.64. The Morgan fingerprint density at radius 3 is 2.83 bits per heavy atom. The summed E-state index contributed by atoms with van der Waals surface area (Å²) in [7, 11) is 4.14. The Morgan fingerprint density at radius 1 is 1.22 bits per heavy atom. The molecule has 11 nitrogen and oxygen atoms in total. The molecule has 1 N–H and O–H groups in total. The van der Waals surface area contributed by atoms with E-state index >= 15 is 0 Å². The van der Waals surface area contributed by atoms with Gasteiger partial charge >= 0.3 is 6.01 Å². The molecule has 212 valence electrons. The van der Waals surface area contributed by atoms with Crippen molar-refractivity contribution in [3.05, 3.63) is 42.6 Å². The number of hydrogen-bond acceptors (Lipinski definition) is 8. The number of carbonyl (C=O) groups is 1. The fourth-order valence-corrected chi connectivity index (χ4v) is 6.27. The van der Waals surface area contributed by atoms with E-state index in [1.54, 1.807) is 4.90 Å². The van der Waals surface area contributed by atoms with E-state index in [2.05, 4.69) is 63.3 Å². The topological polar surface area (TPSA) is 119 Å². The lowest BCUT2D eigenvalue weighted by Gasteiger charge is -2.40. The number of piperazine rings is 1. The molecule has 3 aromatic heterocycles. The number of aromatic nitrogens is 5. The first-order valence-corrected chi connectivity index (χ1v) is 14.1. The van der Waals surface area contributed by atoms with Crippen molar-refractivity contribution < 1.29 is 9.53 Å². The van der Waals surface area contributed by atoms with Gasteiger partial charge in [0.25, 0.3) is 0 Å². The van der Waals surface area contributed by atoms with Crippen LogP contribution in [0.25, 0.3) is 33.2 Å². The summed E-state index contributed by atoms with van der Waals surface area (Å²) in [6.45, 7) is 8.84. The number of H-pyrrole nitrogens is 1. The summed E-state index contributed by atoms with van der Waals surface area (Å²) in [5, 5.41) is 18.8. The number of nitrogens with zero attached hydrogens (tertiary/aromatic N) is 8. The maximum atomic E-state index is 12.5. The van der Waals surface area contributed by atoms with Gasteiger partial charge in [0, 0.05) is 43.7 Å². The van der Waals surface area contributed by atoms with E-state index in [4.69, 9.17) is 14.7 Å². The number of fused-ring (bicyclic) bond motifs is 2. The van der Waals surface area contributed by atoms with Crippen LogP contribution in [0, 0.1) is 18.3 Å². The van der Waals surface area contributed by atoms with Gasteiger partial charge in [-0.2, -0.15) is 20.3 Å². The lowest BCUT2D eigenvalue weighted by molar-refractivity contribution is -0.128. The molecule has 11 heteroatoms. The number of ether oxygens (including phenoxy) is 1. The third-order valence-corrected chi connectivity index (χ3v) is 8.58. The number of benzene rings is 1. The van der Waals surface area contributed by atoms with Crippen molar-refractivity contribution in [1.82, 2.24) is 34.5 Å². The van der Waals surface area contributed by atoms with Crippen LogP contribution in [0.2, 0.25) is 0 Å². The Balaban J connectivity index is 1.45. The van der Waals surface area contributed by atoms with Crippen molar-refractivity contribution in [3.8, 4) is 23.3 Å². The maximum Gasteiger partial charge on any atom is 0.320 e. The molecule has 41 heavy (non-hydrogen) atoms. The Bertz CT molecular complexity index is 1670. The van der Waals surface area contributed by atoms with Crippen molar-refractivity contribution in [2.45, 2.75) is 38.3 Å². The Hall–Kier alpha value is -4.43. The average molecular weight is 554 g/mol. The molecule has 0 bridgehead atoms. The van der Waals surface area contributed by atoms with E-state index in [-0.39, 0.29) is 18.4 Å². The normalized spacial score (nSPS) is 19.7. The van der Waals surface area contributed by atoms with Crippen LogP contribution in [-0.4, -0.2) is 92.4 Å². The minimum absolute atomic E-state index is 0.159. The Morgan fingerprint density at radius 2 is 2.07 bits per heavy atom. The van der Waals surface area contributed by atoms with E-state index in [1.807, 2.05) is 19.3 Å². The second-order valence-corrected chi connectivity index (χ2v) is 11.0. The number of aromatic amines is 1. The summed E-state index contributed by atoms with van der Waals surface area (Å²) >= 11 is 0. The summed E-state index contributed by atoms with van der Waals surface area (Å²) in [5.74, 6) is 0.588. The van der Waals surface area contributed by atoms with Crippen LogP contribution >= 0.6 is 0 Å². The quantitative estimate of drug-likeness (QED) is 0.346. The number of rotatable bonds is 7. The highest BCUT2D eigenvalue weighted by Crippen LogP contribution is 2.38. The molecule has 2 aliphatic heterocycles. The number of anilines is 1. The van der Waals surface area contributed by atoms with E-state index < -0.39 is 0 Å². The van der Waals surface area contributed by atoms with E-state index in [0.717, 1.165) is 64.0 Å². The highest BCUT2D eigenvalue weighted by Gasteiger charge is 2.32. The monoisotopic (exact) mass is 553 g/mol. The number of aryl methyl sites for hydroxylation is 2. The van der Waals surface area contributed by atoms with Gasteiger partial charge in [-0.05, 0) is 57.1 Å². The zero-order chi connectivity index (χ0) is 28.7. The Labute approximate surface area is 239 Å². The van der Waals surface area contributed by atoms with Crippen LogP contribution in [0.15, 0.2) is 37.1 Å². The molecule has 4 aromatic rings. The first kappa shape index (κ1) is 26.8. The molecule has 5 heterocycles. The van der Waals surface area contributed by atoms with Crippen LogP contribution in [0.4, 0.5) is 5.82 Å². The van der Waals surface area contributed by atoms with Gasteiger partial charge < -0.3 is 24.0 Å². The number of nitriles is 1. The van der Waals surface area contributed by atoms with Crippen LogP contribution in [0.1, 0.15) is 24.8 Å². The number of carbonyl (C=O) groups excluding carboxylic acids is 1. The molecule has 0 unspecified atom stereocenters. The molecule has 6 rings (SSSR count). The zero-order valence-corrected chi connectivity index (χ0v) is 23.8. The highest BCUT2D eigenvalue weighted by atomic mass is 16.5. The zero-order valence-electron chi connectivity index (χ0n) is 23.8. The van der Waals surface area contributed by atoms with Gasteiger partial charge in [0.2, 0.25) is 5.91 Å². The molecule has 1 aromatic carbocycles. The van der Waals surface area contributed by atoms with E-state index in [1.165, 1.54) is 6.08 Å². The maximum absolute atomic E-state index is 12.5. The smallest absolute Gasteiger partial charge is 0.320 e. The molecule has 2 fully saturated rings. The molecule has 0 saturated carbocycles. The van der Waals surface area contributed by atoms with Crippen LogP contribution in [-0.2, 0) is 11.8 Å². The predicted molar refractivity (Wildman–Crippen MR) is 158 cm³/mol. The molecule has 2 atom stereocenters. The average Bonchev–Trinajstić information content (AvgIpc) is 3.70. The molecular weight excluding hydrogens is 518 g/mol. The molecule has 2 aliphatic rings. The predicted octanol–water partition coefficient (Wildman–Crippen LogP) is 3.41. The fraction of sp³-hybridized carbons (Fsp3) is 0.433. The van der Waals surface area contributed by atoms with Crippen molar-refractivity contribution in [1.29, 1.82) is 5.26 Å². The summed E-state index contributed by atoms with van der Waals surface area (Å²) in [6, 6.07) is 8.91. The second kappa shape index (κ2) is 10.9. The molecule has 0 radical (unpaired) electrons. The third kappa shape index (κ3) is 4.78. The van der Waals surface area contributed by atoms with Crippen molar-refractivity contribution >= 4 is 33.7 Å². The largest absolute Gasteiger partial charge is 0.462 e. The van der Waals surface area contributed by atoms with Gasteiger partial charge in [0.15, 0.2) is 0 Å². The number of likely N-dealkylation sites (tertiary alicyclic amines) is 1. The Kier molecular flexibility index (Phi) is 7.09. The molecule has 0 aliphatic carbocycles. The van der Waals surface area contributed by atoms with Crippen molar-refractivity contribution in [3.63, 3.8) is 0 Å². The highest BCUT2D eigenvalue weighted by molar-refractivity contribution is 6.00.